The smallest absolute Gasteiger partial charge is 0.226 e. The molecule has 1 aromatic rings. The number of ether oxygens (including phenoxy) is 1. The normalized spacial score (nSPS) is 11.3. The van der Waals surface area contributed by atoms with E-state index in [1.165, 1.54) is 0 Å². The van der Waals surface area contributed by atoms with Crippen LogP contribution in [0.25, 0.3) is 0 Å². The lowest BCUT2D eigenvalue weighted by Crippen LogP contribution is -2.23. The summed E-state index contributed by atoms with van der Waals surface area (Å²) in [5, 5.41) is 2.85. The van der Waals surface area contributed by atoms with Crippen molar-refractivity contribution >= 4 is 11.6 Å². The molecule has 0 saturated heterocycles. The lowest BCUT2D eigenvalue weighted by Gasteiger charge is -2.19. The number of hydrogen-bond acceptors (Lipinski definition) is 3. The van der Waals surface area contributed by atoms with Gasteiger partial charge >= 0.3 is 0 Å². The molecule has 4 nitrogen and oxygen atoms in total. The Balaban J connectivity index is 2.45. The molecule has 0 radical (unpaired) electrons. The Bertz CT molecular complexity index is 397. The molecule has 0 unspecified atom stereocenters. The first-order valence-electron chi connectivity index (χ1n) is 6.14. The van der Waals surface area contributed by atoms with Crippen LogP contribution in [0, 0.1) is 0 Å². The minimum absolute atomic E-state index is 0.0554. The number of anilines is 1. The molecular weight excluding hydrogens is 228 g/mol. The van der Waals surface area contributed by atoms with E-state index in [1.54, 1.807) is 0 Å². The molecule has 4 heteroatoms. The Morgan fingerprint density at radius 1 is 1.33 bits per heavy atom. The molecule has 0 fully saturated rings. The van der Waals surface area contributed by atoms with Gasteiger partial charge in [-0.05, 0) is 32.4 Å². The zero-order chi connectivity index (χ0) is 13.6. The first-order valence-corrected chi connectivity index (χ1v) is 6.14. The second-order valence-electron chi connectivity index (χ2n) is 5.12. The number of para-hydroxylation sites is 1. The molecule has 0 aliphatic carbocycles. The second kappa shape index (κ2) is 6.52. The van der Waals surface area contributed by atoms with Gasteiger partial charge in [0.05, 0.1) is 18.6 Å². The van der Waals surface area contributed by atoms with Gasteiger partial charge in [0.15, 0.2) is 0 Å². The predicted octanol–water partition coefficient (Wildman–Crippen LogP) is 2.29. The fourth-order valence-electron chi connectivity index (χ4n) is 1.48. The summed E-state index contributed by atoms with van der Waals surface area (Å²) in [6, 6.07) is 7.53. The maximum Gasteiger partial charge on any atom is 0.226 e. The third-order valence-electron chi connectivity index (χ3n) is 2.38. The average molecular weight is 250 g/mol. The Morgan fingerprint density at radius 2 is 2.00 bits per heavy atom. The maximum atomic E-state index is 11.7. The Kier molecular flexibility index (Phi) is 5.31. The van der Waals surface area contributed by atoms with Crippen LogP contribution in [0.5, 0.6) is 0 Å². The van der Waals surface area contributed by atoms with E-state index in [4.69, 9.17) is 10.5 Å². The van der Waals surface area contributed by atoms with Gasteiger partial charge in [0.2, 0.25) is 5.91 Å². The molecule has 18 heavy (non-hydrogen) atoms. The molecule has 0 bridgehead atoms. The first-order chi connectivity index (χ1) is 8.42. The summed E-state index contributed by atoms with van der Waals surface area (Å²) in [5.74, 6) is -0.0554. The standard InChI is InChI=1S/C14H22N2O2/c1-14(2,3)18-9-8-13(17)16-12-7-5-4-6-11(12)10-15/h4-7H,8-10,15H2,1-3H3,(H,16,17). The van der Waals surface area contributed by atoms with E-state index >= 15 is 0 Å². The van der Waals surface area contributed by atoms with Crippen molar-refractivity contribution in [2.45, 2.75) is 39.3 Å². The van der Waals surface area contributed by atoms with Crippen molar-refractivity contribution in [1.29, 1.82) is 0 Å². The molecule has 0 aliphatic heterocycles. The van der Waals surface area contributed by atoms with E-state index in [-0.39, 0.29) is 11.5 Å². The number of carbonyl (C=O) groups is 1. The van der Waals surface area contributed by atoms with Crippen LogP contribution < -0.4 is 11.1 Å². The van der Waals surface area contributed by atoms with Crippen LogP contribution in [0.1, 0.15) is 32.8 Å². The van der Waals surface area contributed by atoms with Crippen molar-refractivity contribution in [3.8, 4) is 0 Å². The molecule has 0 aromatic heterocycles. The number of nitrogens with one attached hydrogen (secondary N) is 1. The highest BCUT2D eigenvalue weighted by Crippen LogP contribution is 2.14. The summed E-state index contributed by atoms with van der Waals surface area (Å²) < 4.78 is 5.51. The molecule has 100 valence electrons. The van der Waals surface area contributed by atoms with Crippen molar-refractivity contribution in [2.75, 3.05) is 11.9 Å². The fraction of sp³-hybridized carbons (Fsp3) is 0.500. The third kappa shape index (κ3) is 5.29. The molecule has 3 N–H and O–H groups in total. The van der Waals surface area contributed by atoms with Crippen LogP contribution in [-0.4, -0.2) is 18.1 Å². The molecule has 0 spiro atoms. The van der Waals surface area contributed by atoms with Gasteiger partial charge in [-0.1, -0.05) is 18.2 Å². The number of rotatable bonds is 5. The van der Waals surface area contributed by atoms with Gasteiger partial charge in [-0.25, -0.2) is 0 Å². The molecule has 0 saturated carbocycles. The van der Waals surface area contributed by atoms with E-state index in [1.807, 2.05) is 45.0 Å². The van der Waals surface area contributed by atoms with Crippen LogP contribution >= 0.6 is 0 Å². The van der Waals surface area contributed by atoms with Gasteiger partial charge < -0.3 is 15.8 Å². The molecular formula is C14H22N2O2. The van der Waals surface area contributed by atoms with Gasteiger partial charge in [0, 0.05) is 12.2 Å². The number of amides is 1. The summed E-state index contributed by atoms with van der Waals surface area (Å²) >= 11 is 0. The van der Waals surface area contributed by atoms with Crippen LogP contribution in [0.3, 0.4) is 0 Å². The van der Waals surface area contributed by atoms with Crippen molar-refractivity contribution in [3.63, 3.8) is 0 Å². The molecule has 1 rings (SSSR count). The minimum atomic E-state index is -0.213. The average Bonchev–Trinajstić information content (AvgIpc) is 2.28. The highest BCUT2D eigenvalue weighted by Gasteiger charge is 2.11. The largest absolute Gasteiger partial charge is 0.375 e. The van der Waals surface area contributed by atoms with Crippen LogP contribution in [0.15, 0.2) is 24.3 Å². The van der Waals surface area contributed by atoms with E-state index in [2.05, 4.69) is 5.32 Å². The van der Waals surface area contributed by atoms with Crippen LogP contribution in [-0.2, 0) is 16.1 Å². The number of hydrogen-bond donors (Lipinski definition) is 2. The van der Waals surface area contributed by atoms with Crippen LogP contribution in [0.2, 0.25) is 0 Å². The SMILES string of the molecule is CC(C)(C)OCCC(=O)Nc1ccccc1CN. The predicted molar refractivity (Wildman–Crippen MR) is 73.3 cm³/mol. The maximum absolute atomic E-state index is 11.7. The fourth-order valence-corrected chi connectivity index (χ4v) is 1.48. The number of carbonyl (C=O) groups excluding carboxylic acids is 1. The van der Waals surface area contributed by atoms with Gasteiger partial charge in [-0.15, -0.1) is 0 Å². The van der Waals surface area contributed by atoms with E-state index < -0.39 is 0 Å². The first kappa shape index (κ1) is 14.7. The molecule has 1 amide bonds. The van der Waals surface area contributed by atoms with Crippen molar-refractivity contribution in [2.24, 2.45) is 5.73 Å². The van der Waals surface area contributed by atoms with Crippen LogP contribution in [0.4, 0.5) is 5.69 Å². The second-order valence-corrected chi connectivity index (χ2v) is 5.12. The Morgan fingerprint density at radius 3 is 2.61 bits per heavy atom. The van der Waals surface area contributed by atoms with Crippen molar-refractivity contribution < 1.29 is 9.53 Å². The molecule has 1 aromatic carbocycles. The van der Waals surface area contributed by atoms with Crippen molar-refractivity contribution in [3.05, 3.63) is 29.8 Å². The zero-order valence-electron chi connectivity index (χ0n) is 11.3. The van der Waals surface area contributed by atoms with Gasteiger partial charge in [-0.2, -0.15) is 0 Å². The van der Waals surface area contributed by atoms with E-state index in [0.29, 0.717) is 19.6 Å². The monoisotopic (exact) mass is 250 g/mol. The topological polar surface area (TPSA) is 64.3 Å². The number of nitrogens with two attached hydrogens (primary N) is 1. The molecule has 0 heterocycles. The lowest BCUT2D eigenvalue weighted by molar-refractivity contribution is -0.118. The summed E-state index contributed by atoms with van der Waals surface area (Å²) in [4.78, 5) is 11.7. The summed E-state index contributed by atoms with van der Waals surface area (Å²) in [7, 11) is 0. The van der Waals surface area contributed by atoms with E-state index in [9.17, 15) is 4.79 Å². The van der Waals surface area contributed by atoms with Gasteiger partial charge in [-0.3, -0.25) is 4.79 Å². The van der Waals surface area contributed by atoms with Crippen molar-refractivity contribution in [1.82, 2.24) is 0 Å². The molecule has 0 atom stereocenters. The molecule has 0 aliphatic rings. The highest BCUT2D eigenvalue weighted by molar-refractivity contribution is 5.91. The highest BCUT2D eigenvalue weighted by atomic mass is 16.5. The van der Waals surface area contributed by atoms with Gasteiger partial charge in [0.25, 0.3) is 0 Å². The zero-order valence-corrected chi connectivity index (χ0v) is 11.3. The van der Waals surface area contributed by atoms with Gasteiger partial charge in [0.1, 0.15) is 0 Å². The third-order valence-corrected chi connectivity index (χ3v) is 2.38. The minimum Gasteiger partial charge on any atom is -0.375 e. The summed E-state index contributed by atoms with van der Waals surface area (Å²) in [5.41, 5.74) is 7.11. The quantitative estimate of drug-likeness (QED) is 0.842. The lowest BCUT2D eigenvalue weighted by atomic mass is 10.1. The summed E-state index contributed by atoms with van der Waals surface area (Å²) in [6.45, 7) is 6.73. The summed E-state index contributed by atoms with van der Waals surface area (Å²) in [6.07, 6.45) is 0.343. The Hall–Kier alpha value is -1.39. The Labute approximate surface area is 109 Å². The van der Waals surface area contributed by atoms with E-state index in [0.717, 1.165) is 11.3 Å². The number of benzene rings is 1.